The number of hydrogen-bond donors (Lipinski definition) is 0. The Morgan fingerprint density at radius 3 is 2.43 bits per heavy atom. The molecule has 2 nitrogen and oxygen atoms in total. The van der Waals surface area contributed by atoms with Crippen molar-refractivity contribution in [3.63, 3.8) is 0 Å². The molecule has 0 saturated carbocycles. The summed E-state index contributed by atoms with van der Waals surface area (Å²) in [7, 11) is 0. The van der Waals surface area contributed by atoms with E-state index in [9.17, 15) is 22.0 Å². The van der Waals surface area contributed by atoms with Crippen molar-refractivity contribution < 1.29 is 26.7 Å². The van der Waals surface area contributed by atoms with Gasteiger partial charge in [0.05, 0.1) is 0 Å². The molecule has 0 saturated heterocycles. The molecule has 0 spiro atoms. The first-order chi connectivity index (χ1) is 6.41. The van der Waals surface area contributed by atoms with E-state index in [0.29, 0.717) is 6.07 Å². The van der Waals surface area contributed by atoms with Crippen LogP contribution in [0.3, 0.4) is 0 Å². The fourth-order valence-electron chi connectivity index (χ4n) is 0.785. The van der Waals surface area contributed by atoms with Crippen LogP contribution < -0.4 is 4.74 Å². The molecule has 1 aromatic rings. The largest absolute Gasteiger partial charge is 0.421 e. The molecule has 0 aromatic carbocycles. The summed E-state index contributed by atoms with van der Waals surface area (Å²) in [5, 5.41) is 0. The van der Waals surface area contributed by atoms with Crippen molar-refractivity contribution in [3.05, 3.63) is 23.9 Å². The Morgan fingerprint density at radius 1 is 1.29 bits per heavy atom. The minimum Gasteiger partial charge on any atom is -0.416 e. The van der Waals surface area contributed by atoms with Gasteiger partial charge in [0.15, 0.2) is 0 Å². The maximum atomic E-state index is 12.1. The molecule has 0 aliphatic carbocycles. The lowest BCUT2D eigenvalue weighted by Crippen LogP contribution is -2.12. The van der Waals surface area contributed by atoms with E-state index in [-0.39, 0.29) is 0 Å². The number of pyridine rings is 1. The second kappa shape index (κ2) is 3.77. The minimum absolute atomic E-state index is 0.616. The van der Waals surface area contributed by atoms with Crippen LogP contribution in [0, 0.1) is 0 Å². The van der Waals surface area contributed by atoms with Gasteiger partial charge >= 0.3 is 12.8 Å². The first kappa shape index (κ1) is 10.7. The van der Waals surface area contributed by atoms with Gasteiger partial charge in [-0.3, -0.25) is 0 Å². The van der Waals surface area contributed by atoms with Gasteiger partial charge in [0.1, 0.15) is 5.56 Å². The molecular weight excluding hydrogens is 209 g/mol. The van der Waals surface area contributed by atoms with Crippen LogP contribution in [-0.4, -0.2) is 11.6 Å². The fraction of sp³-hybridized carbons (Fsp3) is 0.286. The first-order valence-corrected chi connectivity index (χ1v) is 3.38. The lowest BCUT2D eigenvalue weighted by Gasteiger charge is -2.11. The molecule has 0 fully saturated rings. The summed E-state index contributed by atoms with van der Waals surface area (Å²) in [5.74, 6) is -1.12. The molecule has 78 valence electrons. The number of ether oxygens (including phenoxy) is 1. The van der Waals surface area contributed by atoms with Crippen molar-refractivity contribution in [3.8, 4) is 5.88 Å². The molecule has 1 aromatic heterocycles. The van der Waals surface area contributed by atoms with Crippen molar-refractivity contribution in [2.75, 3.05) is 0 Å². The van der Waals surface area contributed by atoms with Gasteiger partial charge in [0.2, 0.25) is 5.88 Å². The number of hydrogen-bond acceptors (Lipinski definition) is 2. The van der Waals surface area contributed by atoms with Crippen LogP contribution in [0.15, 0.2) is 18.3 Å². The van der Waals surface area contributed by atoms with Gasteiger partial charge in [-0.2, -0.15) is 22.0 Å². The molecule has 0 bridgehead atoms. The highest BCUT2D eigenvalue weighted by atomic mass is 19.4. The average molecular weight is 213 g/mol. The van der Waals surface area contributed by atoms with Gasteiger partial charge in [-0.1, -0.05) is 0 Å². The summed E-state index contributed by atoms with van der Waals surface area (Å²) >= 11 is 0. The average Bonchev–Trinajstić information content (AvgIpc) is 2.01. The fourth-order valence-corrected chi connectivity index (χ4v) is 0.785. The van der Waals surface area contributed by atoms with E-state index in [2.05, 4.69) is 9.72 Å². The predicted molar refractivity (Wildman–Crippen MR) is 35.9 cm³/mol. The Balaban J connectivity index is 3.04. The second-order valence-corrected chi connectivity index (χ2v) is 2.23. The standard InChI is InChI=1S/C7H4F5NO/c8-6(9)14-5-4(7(10,11)12)2-1-3-13-5/h1-3,6H. The van der Waals surface area contributed by atoms with E-state index >= 15 is 0 Å². The van der Waals surface area contributed by atoms with E-state index in [1.54, 1.807) is 0 Å². The Labute approximate surface area is 75.3 Å². The Bertz CT molecular complexity index is 311. The monoisotopic (exact) mass is 213 g/mol. The van der Waals surface area contributed by atoms with Crippen molar-refractivity contribution in [2.45, 2.75) is 12.8 Å². The van der Waals surface area contributed by atoms with Crippen LogP contribution >= 0.6 is 0 Å². The highest BCUT2D eigenvalue weighted by Gasteiger charge is 2.35. The molecule has 0 aliphatic rings. The first-order valence-electron chi connectivity index (χ1n) is 3.38. The summed E-state index contributed by atoms with van der Waals surface area (Å²) in [5.41, 5.74) is -1.32. The molecular formula is C7H4F5NO. The minimum atomic E-state index is -4.75. The predicted octanol–water partition coefficient (Wildman–Crippen LogP) is 2.70. The lowest BCUT2D eigenvalue weighted by molar-refractivity contribution is -0.142. The molecule has 14 heavy (non-hydrogen) atoms. The zero-order valence-corrected chi connectivity index (χ0v) is 6.55. The summed E-state index contributed by atoms with van der Waals surface area (Å²) in [6.45, 7) is -3.33. The highest BCUT2D eigenvalue weighted by Crippen LogP contribution is 2.34. The zero-order chi connectivity index (χ0) is 10.8. The molecule has 1 heterocycles. The van der Waals surface area contributed by atoms with Crippen LogP contribution in [0.25, 0.3) is 0 Å². The third kappa shape index (κ3) is 2.54. The molecule has 7 heteroatoms. The summed E-state index contributed by atoms with van der Waals surface area (Å²) < 4.78 is 63.3. The maximum Gasteiger partial charge on any atom is 0.421 e. The molecule has 0 radical (unpaired) electrons. The van der Waals surface area contributed by atoms with Crippen molar-refractivity contribution >= 4 is 0 Å². The van der Waals surface area contributed by atoms with Gasteiger partial charge in [0, 0.05) is 6.20 Å². The van der Waals surface area contributed by atoms with Gasteiger partial charge in [-0.15, -0.1) is 0 Å². The van der Waals surface area contributed by atoms with E-state index < -0.39 is 24.2 Å². The quantitative estimate of drug-likeness (QED) is 0.704. The third-order valence-electron chi connectivity index (χ3n) is 1.28. The molecule has 0 unspecified atom stereocenters. The Kier molecular flexibility index (Phi) is 2.87. The normalized spacial score (nSPS) is 11.9. The number of nitrogens with zero attached hydrogens (tertiary/aromatic N) is 1. The van der Waals surface area contributed by atoms with Crippen LogP contribution in [0.1, 0.15) is 5.56 Å². The SMILES string of the molecule is FC(F)Oc1ncccc1C(F)(F)F. The van der Waals surface area contributed by atoms with Gasteiger partial charge in [-0.05, 0) is 12.1 Å². The van der Waals surface area contributed by atoms with Gasteiger partial charge in [0.25, 0.3) is 0 Å². The highest BCUT2D eigenvalue weighted by molar-refractivity contribution is 5.28. The van der Waals surface area contributed by atoms with Crippen LogP contribution in [-0.2, 0) is 6.18 Å². The van der Waals surface area contributed by atoms with Gasteiger partial charge < -0.3 is 4.74 Å². The number of halogens is 5. The van der Waals surface area contributed by atoms with Gasteiger partial charge in [-0.25, -0.2) is 4.98 Å². The van der Waals surface area contributed by atoms with Crippen molar-refractivity contribution in [1.29, 1.82) is 0 Å². The van der Waals surface area contributed by atoms with Crippen molar-refractivity contribution in [1.82, 2.24) is 4.98 Å². The maximum absolute atomic E-state index is 12.1. The smallest absolute Gasteiger partial charge is 0.416 e. The van der Waals surface area contributed by atoms with Crippen LogP contribution in [0.2, 0.25) is 0 Å². The van der Waals surface area contributed by atoms with Crippen LogP contribution in [0.4, 0.5) is 22.0 Å². The lowest BCUT2D eigenvalue weighted by atomic mass is 10.2. The zero-order valence-electron chi connectivity index (χ0n) is 6.55. The summed E-state index contributed by atoms with van der Waals surface area (Å²) in [4.78, 5) is 3.06. The summed E-state index contributed by atoms with van der Waals surface area (Å²) in [6, 6.07) is 1.60. The van der Waals surface area contributed by atoms with Crippen molar-refractivity contribution in [2.24, 2.45) is 0 Å². The molecule has 1 rings (SSSR count). The molecule has 0 N–H and O–H groups in total. The van der Waals surface area contributed by atoms with E-state index in [4.69, 9.17) is 0 Å². The number of alkyl halides is 5. The molecule has 0 aliphatic heterocycles. The van der Waals surface area contributed by atoms with E-state index in [1.807, 2.05) is 0 Å². The second-order valence-electron chi connectivity index (χ2n) is 2.23. The van der Waals surface area contributed by atoms with E-state index in [1.165, 1.54) is 0 Å². The number of aromatic nitrogens is 1. The van der Waals surface area contributed by atoms with Crippen LogP contribution in [0.5, 0.6) is 5.88 Å². The van der Waals surface area contributed by atoms with E-state index in [0.717, 1.165) is 12.3 Å². The topological polar surface area (TPSA) is 22.1 Å². The Morgan fingerprint density at radius 2 is 1.93 bits per heavy atom. The number of rotatable bonds is 2. The third-order valence-corrected chi connectivity index (χ3v) is 1.28. The summed E-state index contributed by atoms with van der Waals surface area (Å²) in [6.07, 6.45) is -3.81. The molecule has 0 amide bonds. The Hall–Kier alpha value is -1.40. The molecule has 0 atom stereocenters.